The largest absolute Gasteiger partial charge is 0.0842 e. The van der Waals surface area contributed by atoms with E-state index in [-0.39, 0.29) is 0 Å². The Morgan fingerprint density at radius 1 is 1.23 bits per heavy atom. The van der Waals surface area contributed by atoms with Crippen LogP contribution < -0.4 is 0 Å². The molecule has 1 aliphatic carbocycles. The lowest BCUT2D eigenvalue weighted by Gasteiger charge is -2.30. The molecule has 0 N–H and O–H groups in total. The highest BCUT2D eigenvalue weighted by Gasteiger charge is 2.27. The van der Waals surface area contributed by atoms with Crippen molar-refractivity contribution in [1.82, 2.24) is 0 Å². The van der Waals surface area contributed by atoms with Gasteiger partial charge in [0.2, 0.25) is 0 Å². The molecule has 1 fully saturated rings. The summed E-state index contributed by atoms with van der Waals surface area (Å²) in [6, 6.07) is 0. The Bertz CT molecular complexity index is 379. The molecular formula is C22H40. The Kier molecular flexibility index (Phi) is 7.94. The summed E-state index contributed by atoms with van der Waals surface area (Å²) in [4.78, 5) is 0. The maximum Gasteiger partial charge on any atom is -0.0142 e. The van der Waals surface area contributed by atoms with Crippen LogP contribution in [0.25, 0.3) is 0 Å². The van der Waals surface area contributed by atoms with Gasteiger partial charge in [0, 0.05) is 0 Å². The van der Waals surface area contributed by atoms with Gasteiger partial charge in [0.25, 0.3) is 0 Å². The smallest absolute Gasteiger partial charge is 0.0142 e. The second-order valence-electron chi connectivity index (χ2n) is 8.38. The normalized spacial score (nSPS) is 20.1. The van der Waals surface area contributed by atoms with Crippen molar-refractivity contribution in [2.45, 2.75) is 93.4 Å². The molecule has 0 nitrogen and oxygen atoms in total. The minimum atomic E-state index is 0.320. The molecule has 0 aromatic heterocycles. The van der Waals surface area contributed by atoms with Crippen molar-refractivity contribution in [2.24, 2.45) is 23.2 Å². The van der Waals surface area contributed by atoms with Crippen LogP contribution in [-0.4, -0.2) is 0 Å². The van der Waals surface area contributed by atoms with Crippen molar-refractivity contribution < 1.29 is 0 Å². The van der Waals surface area contributed by atoms with Crippen LogP contribution in [0.4, 0.5) is 0 Å². The second kappa shape index (κ2) is 8.94. The Morgan fingerprint density at radius 3 is 2.32 bits per heavy atom. The molecule has 2 atom stereocenters. The highest BCUT2D eigenvalue weighted by molar-refractivity contribution is 5.28. The van der Waals surface area contributed by atoms with Gasteiger partial charge in [-0.15, -0.1) is 0 Å². The molecule has 2 unspecified atom stereocenters. The lowest BCUT2D eigenvalue weighted by atomic mass is 9.75. The molecule has 0 aliphatic heterocycles. The number of rotatable bonds is 10. The van der Waals surface area contributed by atoms with Crippen LogP contribution in [0.1, 0.15) is 93.4 Å². The topological polar surface area (TPSA) is 0 Å². The fourth-order valence-electron chi connectivity index (χ4n) is 3.80. The Balaban J connectivity index is 2.76. The molecule has 0 heteroatoms. The van der Waals surface area contributed by atoms with E-state index >= 15 is 0 Å². The van der Waals surface area contributed by atoms with E-state index in [0.717, 1.165) is 17.8 Å². The standard InChI is InChI=1S/C22H40/c1-8-11-17(4)16-22(6,7)18(5)14-20(9-2)21(10-3)15-19-12-13-19/h9,14,17,19,21H,8,10-13,15-16H2,1-7H3. The summed E-state index contributed by atoms with van der Waals surface area (Å²) >= 11 is 0. The minimum Gasteiger partial charge on any atom is -0.0842 e. The zero-order valence-corrected chi connectivity index (χ0v) is 16.3. The van der Waals surface area contributed by atoms with Crippen LogP contribution in [0.3, 0.4) is 0 Å². The molecule has 128 valence electrons. The summed E-state index contributed by atoms with van der Waals surface area (Å²) in [5.74, 6) is 2.62. The third-order valence-electron chi connectivity index (χ3n) is 5.70. The van der Waals surface area contributed by atoms with E-state index in [0.29, 0.717) is 5.41 Å². The van der Waals surface area contributed by atoms with Crippen molar-refractivity contribution in [3.05, 3.63) is 23.3 Å². The summed E-state index contributed by atoms with van der Waals surface area (Å²) in [6.07, 6.45) is 14.5. The molecule has 0 aromatic carbocycles. The van der Waals surface area contributed by atoms with E-state index in [1.807, 2.05) is 0 Å². The molecule has 22 heavy (non-hydrogen) atoms. The van der Waals surface area contributed by atoms with E-state index in [1.54, 1.807) is 11.1 Å². The fraction of sp³-hybridized carbons (Fsp3) is 0.818. The summed E-state index contributed by atoms with van der Waals surface area (Å²) in [6.45, 7) is 16.5. The maximum atomic E-state index is 2.52. The van der Waals surface area contributed by atoms with Crippen LogP contribution in [0, 0.1) is 23.2 Å². The first-order valence-electron chi connectivity index (χ1n) is 9.68. The predicted molar refractivity (Wildman–Crippen MR) is 101 cm³/mol. The zero-order chi connectivity index (χ0) is 16.8. The molecule has 0 heterocycles. The van der Waals surface area contributed by atoms with E-state index < -0.39 is 0 Å². The van der Waals surface area contributed by atoms with Crippen LogP contribution in [0.5, 0.6) is 0 Å². The summed E-state index contributed by atoms with van der Waals surface area (Å²) in [7, 11) is 0. The van der Waals surface area contributed by atoms with Crippen molar-refractivity contribution in [3.63, 3.8) is 0 Å². The molecule has 0 saturated heterocycles. The van der Waals surface area contributed by atoms with Crippen LogP contribution in [-0.2, 0) is 0 Å². The first-order valence-corrected chi connectivity index (χ1v) is 9.68. The van der Waals surface area contributed by atoms with Crippen LogP contribution in [0.15, 0.2) is 23.3 Å². The quantitative estimate of drug-likeness (QED) is 0.365. The lowest BCUT2D eigenvalue weighted by molar-refractivity contribution is 0.315. The molecule has 0 spiro atoms. The van der Waals surface area contributed by atoms with Crippen molar-refractivity contribution in [3.8, 4) is 0 Å². The summed E-state index contributed by atoms with van der Waals surface area (Å²) < 4.78 is 0. The SMILES string of the molecule is CC=C(C=C(C)C(C)(C)CC(C)CCC)C(CC)CC1CC1. The Hall–Kier alpha value is -0.520. The molecule has 1 saturated carbocycles. The zero-order valence-electron chi connectivity index (χ0n) is 16.3. The van der Waals surface area contributed by atoms with Gasteiger partial charge >= 0.3 is 0 Å². The first-order chi connectivity index (χ1) is 10.3. The van der Waals surface area contributed by atoms with Gasteiger partial charge in [0.1, 0.15) is 0 Å². The van der Waals surface area contributed by atoms with Gasteiger partial charge in [-0.1, -0.05) is 78.0 Å². The Morgan fingerprint density at radius 2 is 1.86 bits per heavy atom. The molecular weight excluding hydrogens is 264 g/mol. The van der Waals surface area contributed by atoms with Gasteiger partial charge in [-0.25, -0.2) is 0 Å². The van der Waals surface area contributed by atoms with Gasteiger partial charge in [-0.3, -0.25) is 0 Å². The van der Waals surface area contributed by atoms with E-state index in [9.17, 15) is 0 Å². The second-order valence-corrected chi connectivity index (χ2v) is 8.38. The maximum absolute atomic E-state index is 2.52. The van der Waals surface area contributed by atoms with Gasteiger partial charge in [-0.2, -0.15) is 0 Å². The highest BCUT2D eigenvalue weighted by Crippen LogP contribution is 2.40. The van der Waals surface area contributed by atoms with Gasteiger partial charge in [0.15, 0.2) is 0 Å². The van der Waals surface area contributed by atoms with E-state index in [2.05, 4.69) is 60.6 Å². The monoisotopic (exact) mass is 304 g/mol. The first kappa shape index (κ1) is 19.5. The number of allylic oxidation sites excluding steroid dienone is 4. The third kappa shape index (κ3) is 6.31. The minimum absolute atomic E-state index is 0.320. The molecule has 0 aromatic rings. The van der Waals surface area contributed by atoms with Gasteiger partial charge < -0.3 is 0 Å². The van der Waals surface area contributed by atoms with Crippen molar-refractivity contribution in [2.75, 3.05) is 0 Å². The molecule has 0 amide bonds. The van der Waals surface area contributed by atoms with Crippen molar-refractivity contribution in [1.29, 1.82) is 0 Å². The average Bonchev–Trinajstić information content (AvgIpc) is 3.25. The number of hydrogen-bond donors (Lipinski definition) is 0. The van der Waals surface area contributed by atoms with Crippen molar-refractivity contribution >= 4 is 0 Å². The average molecular weight is 305 g/mol. The van der Waals surface area contributed by atoms with Gasteiger partial charge in [0.05, 0.1) is 0 Å². The number of hydrogen-bond acceptors (Lipinski definition) is 0. The molecule has 0 bridgehead atoms. The van der Waals surface area contributed by atoms with E-state index in [4.69, 9.17) is 0 Å². The van der Waals surface area contributed by atoms with Crippen LogP contribution >= 0.6 is 0 Å². The third-order valence-corrected chi connectivity index (χ3v) is 5.70. The Labute approximate surface area is 140 Å². The van der Waals surface area contributed by atoms with Gasteiger partial charge in [-0.05, 0) is 61.9 Å². The molecule has 1 rings (SSSR count). The van der Waals surface area contributed by atoms with Crippen LogP contribution in [0.2, 0.25) is 0 Å². The molecule has 0 radical (unpaired) electrons. The van der Waals surface area contributed by atoms with E-state index in [1.165, 1.54) is 44.9 Å². The summed E-state index contributed by atoms with van der Waals surface area (Å²) in [5, 5.41) is 0. The fourth-order valence-corrected chi connectivity index (χ4v) is 3.80. The summed E-state index contributed by atoms with van der Waals surface area (Å²) in [5.41, 5.74) is 3.47. The molecule has 1 aliphatic rings. The predicted octanol–water partition coefficient (Wildman–Crippen LogP) is 7.56. The highest BCUT2D eigenvalue weighted by atomic mass is 14.3. The lowest BCUT2D eigenvalue weighted by Crippen LogP contribution is -2.18.